The zero-order valence-corrected chi connectivity index (χ0v) is 17.8. The van der Waals surface area contributed by atoms with Crippen molar-refractivity contribution in [1.29, 1.82) is 0 Å². The number of hydrogen-bond donors (Lipinski definition) is 2. The molecule has 0 spiro atoms. The summed E-state index contributed by atoms with van der Waals surface area (Å²) < 4.78 is 6.68. The summed E-state index contributed by atoms with van der Waals surface area (Å²) in [7, 11) is 3.10. The molecule has 2 heterocycles. The van der Waals surface area contributed by atoms with Gasteiger partial charge in [0.05, 0.1) is 24.5 Å². The molecule has 164 valence electrons. The molecule has 1 aromatic carbocycles. The lowest BCUT2D eigenvalue weighted by atomic mass is 10.00. The minimum Gasteiger partial charge on any atom is -0.481 e. The number of aliphatic hydroxyl groups is 1. The molecule has 3 aromatic rings. The van der Waals surface area contributed by atoms with Crippen molar-refractivity contribution in [2.24, 2.45) is 5.73 Å². The van der Waals surface area contributed by atoms with Crippen molar-refractivity contribution < 1.29 is 19.4 Å². The van der Waals surface area contributed by atoms with E-state index in [0.29, 0.717) is 41.0 Å². The number of ether oxygens (including phenoxy) is 1. The first-order valence-corrected chi connectivity index (χ1v) is 9.68. The third-order valence-corrected chi connectivity index (χ3v) is 4.86. The van der Waals surface area contributed by atoms with Crippen molar-refractivity contribution in [3.8, 4) is 23.4 Å². The maximum atomic E-state index is 11.9. The van der Waals surface area contributed by atoms with Crippen molar-refractivity contribution in [3.05, 3.63) is 60.4 Å². The second-order valence-corrected chi connectivity index (χ2v) is 7.13. The number of aromatic nitrogens is 3. The van der Waals surface area contributed by atoms with E-state index >= 15 is 0 Å². The largest absolute Gasteiger partial charge is 0.481 e. The number of hydrogen-bond acceptors (Lipinski definition) is 6. The molecule has 1 unspecified atom stereocenters. The maximum absolute atomic E-state index is 11.9. The Labute approximate surface area is 185 Å². The summed E-state index contributed by atoms with van der Waals surface area (Å²) in [5, 5.41) is 15.5. The van der Waals surface area contributed by atoms with Gasteiger partial charge < -0.3 is 20.5 Å². The smallest absolute Gasteiger partial charge is 0.269 e. The summed E-state index contributed by atoms with van der Waals surface area (Å²) >= 11 is 0. The third kappa shape index (κ3) is 4.77. The molecule has 2 aromatic heterocycles. The molecular formula is C23H23N5O4. The second kappa shape index (κ2) is 9.32. The fourth-order valence-corrected chi connectivity index (χ4v) is 3.00. The number of fused-ring (bicyclic) bond motifs is 1. The molecule has 3 N–H and O–H groups in total. The SMILES string of the molecule is C=CC(O)(C#Cc1cccc(-n2nc(C(N)=O)c3cc(OC)ncc32)c1)CCN(C)C=O. The molecule has 3 rings (SSSR count). The highest BCUT2D eigenvalue weighted by Crippen LogP contribution is 2.25. The first kappa shape index (κ1) is 22.5. The topological polar surface area (TPSA) is 124 Å². The quantitative estimate of drug-likeness (QED) is 0.313. The Balaban J connectivity index is 1.99. The Bertz CT molecular complexity index is 1240. The van der Waals surface area contributed by atoms with Gasteiger partial charge in [-0.1, -0.05) is 24.5 Å². The number of pyridine rings is 1. The average molecular weight is 433 g/mol. The van der Waals surface area contributed by atoms with E-state index in [0.717, 1.165) is 0 Å². The van der Waals surface area contributed by atoms with Gasteiger partial charge in [-0.05, 0) is 24.3 Å². The summed E-state index contributed by atoms with van der Waals surface area (Å²) in [4.78, 5) is 28.3. The van der Waals surface area contributed by atoms with Crippen LogP contribution in [0.5, 0.6) is 5.88 Å². The van der Waals surface area contributed by atoms with E-state index in [4.69, 9.17) is 10.5 Å². The van der Waals surface area contributed by atoms with Crippen LogP contribution in [0.4, 0.5) is 0 Å². The Kier molecular flexibility index (Phi) is 6.56. The summed E-state index contributed by atoms with van der Waals surface area (Å²) in [5.74, 6) is 5.41. The van der Waals surface area contributed by atoms with E-state index < -0.39 is 11.5 Å². The molecule has 9 nitrogen and oxygen atoms in total. The molecule has 0 saturated carbocycles. The Morgan fingerprint density at radius 1 is 1.44 bits per heavy atom. The van der Waals surface area contributed by atoms with Crippen molar-refractivity contribution in [3.63, 3.8) is 0 Å². The zero-order valence-electron chi connectivity index (χ0n) is 17.8. The zero-order chi connectivity index (χ0) is 23.3. The molecule has 0 fully saturated rings. The number of nitrogens with zero attached hydrogens (tertiary/aromatic N) is 4. The van der Waals surface area contributed by atoms with E-state index in [1.165, 1.54) is 18.1 Å². The third-order valence-electron chi connectivity index (χ3n) is 4.86. The Hall–Kier alpha value is -4.16. The van der Waals surface area contributed by atoms with Crippen molar-refractivity contribution in [2.75, 3.05) is 20.7 Å². The number of amides is 2. The van der Waals surface area contributed by atoms with E-state index in [1.807, 2.05) is 0 Å². The average Bonchev–Trinajstić information content (AvgIpc) is 3.20. The molecule has 0 radical (unpaired) electrons. The Morgan fingerprint density at radius 2 is 2.22 bits per heavy atom. The molecule has 9 heteroatoms. The Morgan fingerprint density at radius 3 is 2.88 bits per heavy atom. The summed E-state index contributed by atoms with van der Waals surface area (Å²) in [5.41, 5.74) is 5.96. The highest BCUT2D eigenvalue weighted by molar-refractivity contribution is 6.04. The molecule has 0 saturated heterocycles. The number of carbonyl (C=O) groups is 2. The van der Waals surface area contributed by atoms with Gasteiger partial charge in [0, 0.05) is 37.0 Å². The van der Waals surface area contributed by atoms with Gasteiger partial charge in [0.2, 0.25) is 12.3 Å². The molecular weight excluding hydrogens is 410 g/mol. The first-order chi connectivity index (χ1) is 15.3. The van der Waals surface area contributed by atoms with Crippen LogP contribution < -0.4 is 10.5 Å². The molecule has 0 bridgehead atoms. The van der Waals surface area contributed by atoms with Gasteiger partial charge in [0.15, 0.2) is 5.69 Å². The lowest BCUT2D eigenvalue weighted by Crippen LogP contribution is -2.30. The highest BCUT2D eigenvalue weighted by Gasteiger charge is 2.20. The number of carbonyl (C=O) groups excluding carboxylic acids is 2. The van der Waals surface area contributed by atoms with E-state index in [9.17, 15) is 14.7 Å². The number of benzene rings is 1. The van der Waals surface area contributed by atoms with E-state index in [-0.39, 0.29) is 12.1 Å². The van der Waals surface area contributed by atoms with Crippen molar-refractivity contribution >= 4 is 23.2 Å². The van der Waals surface area contributed by atoms with Crippen LogP contribution in [0.25, 0.3) is 16.6 Å². The van der Waals surface area contributed by atoms with Gasteiger partial charge in [-0.15, -0.1) is 0 Å². The summed E-state index contributed by atoms with van der Waals surface area (Å²) in [6.07, 6.45) is 3.80. The molecule has 2 amide bonds. The normalized spacial score (nSPS) is 12.3. The first-order valence-electron chi connectivity index (χ1n) is 9.68. The van der Waals surface area contributed by atoms with Crippen LogP contribution >= 0.6 is 0 Å². The molecule has 1 atom stereocenters. The predicted molar refractivity (Wildman–Crippen MR) is 119 cm³/mol. The number of nitrogens with two attached hydrogens (primary N) is 1. The van der Waals surface area contributed by atoms with Gasteiger partial charge >= 0.3 is 0 Å². The lowest BCUT2D eigenvalue weighted by molar-refractivity contribution is -0.117. The number of primary amides is 1. The monoisotopic (exact) mass is 433 g/mol. The second-order valence-electron chi connectivity index (χ2n) is 7.13. The maximum Gasteiger partial charge on any atom is 0.269 e. The number of methoxy groups -OCH3 is 1. The van der Waals surface area contributed by atoms with Gasteiger partial charge in [-0.25, -0.2) is 9.67 Å². The standard InChI is InChI=1S/C23H23N5O4/c1-4-23(31,10-11-27(2)15-29)9-8-16-6-5-7-17(12-16)28-19-14-25-20(32-3)13-18(19)21(26-28)22(24)30/h4-7,12-15,31H,1,10-11H2,2-3H3,(H2,24,30). The summed E-state index contributed by atoms with van der Waals surface area (Å²) in [6, 6.07) is 8.71. The minimum atomic E-state index is -1.45. The number of rotatable bonds is 8. The van der Waals surface area contributed by atoms with Crippen LogP contribution in [0.3, 0.4) is 0 Å². The minimum absolute atomic E-state index is 0.0949. The molecule has 0 aliphatic rings. The van der Waals surface area contributed by atoms with Crippen LogP contribution in [-0.2, 0) is 4.79 Å². The van der Waals surface area contributed by atoms with Crippen molar-refractivity contribution in [2.45, 2.75) is 12.0 Å². The van der Waals surface area contributed by atoms with Crippen LogP contribution in [-0.4, -0.2) is 63.4 Å². The van der Waals surface area contributed by atoms with Gasteiger partial charge in [-0.2, -0.15) is 5.10 Å². The van der Waals surface area contributed by atoms with E-state index in [2.05, 4.69) is 28.5 Å². The fourth-order valence-electron chi connectivity index (χ4n) is 3.00. The van der Waals surface area contributed by atoms with E-state index in [1.54, 1.807) is 48.3 Å². The van der Waals surface area contributed by atoms with Gasteiger partial charge in [0.25, 0.3) is 5.91 Å². The van der Waals surface area contributed by atoms with Crippen LogP contribution in [0.2, 0.25) is 0 Å². The molecule has 0 aliphatic carbocycles. The molecule has 0 aliphatic heterocycles. The van der Waals surface area contributed by atoms with Crippen LogP contribution in [0, 0.1) is 11.8 Å². The van der Waals surface area contributed by atoms with Crippen LogP contribution in [0.15, 0.2) is 49.2 Å². The van der Waals surface area contributed by atoms with Gasteiger partial charge in [-0.3, -0.25) is 9.59 Å². The lowest BCUT2D eigenvalue weighted by Gasteiger charge is -2.20. The predicted octanol–water partition coefficient (Wildman–Crippen LogP) is 1.27. The van der Waals surface area contributed by atoms with Crippen molar-refractivity contribution in [1.82, 2.24) is 19.7 Å². The van der Waals surface area contributed by atoms with Crippen LogP contribution in [0.1, 0.15) is 22.5 Å². The molecule has 32 heavy (non-hydrogen) atoms. The highest BCUT2D eigenvalue weighted by atomic mass is 16.5. The van der Waals surface area contributed by atoms with Gasteiger partial charge in [0.1, 0.15) is 5.60 Å². The fraction of sp³-hybridized carbons (Fsp3) is 0.217. The summed E-state index contributed by atoms with van der Waals surface area (Å²) in [6.45, 7) is 3.97.